The summed E-state index contributed by atoms with van der Waals surface area (Å²) in [5.41, 5.74) is -0.277. The van der Waals surface area contributed by atoms with Gasteiger partial charge >= 0.3 is 11.9 Å². The minimum Gasteiger partial charge on any atom is -0.460 e. The maximum atomic E-state index is 14.5. The van der Waals surface area contributed by atoms with Gasteiger partial charge in [0.25, 0.3) is 11.7 Å². The van der Waals surface area contributed by atoms with E-state index in [0.29, 0.717) is 69.8 Å². The maximum absolute atomic E-state index is 14.5. The highest BCUT2D eigenvalue weighted by Crippen LogP contribution is 2.38. The number of rotatable bonds is 10. The molecule has 4 rings (SSSR count). The number of methoxy groups -OCH3 is 3. The Hall–Kier alpha value is -3.94. The number of carbonyl (C=O) groups excluding carboxylic acids is 6. The standard InChI is InChI=1S/C56H87NO16/c1-33-17-13-12-14-18-34(2)45(68-9)29-41-22-20-39(7)56(67,73-41)51(63)52(64)57-24-16-15-19-42(57)53(65)71-46(30-43(60)35(3)26-38(6)49(62)50(70-11)48(61)37(5)25-33)36(4)27-40-21-23-44(47(28-40)69-10)72-54(66)55(8,31-58)32-59/h12-14,17-18,26,33,35-37,39-42,44-47,49-50,58-59,62,67H,15-16,19-25,27-32H2,1-11H3/b14-12?,17-13+,34-18?,38-26+/t33-,35-,36-,37-,39-,40+,41+,42+,44-,45-,46+,47-,49-,50+,56-/m1/s1. The van der Waals surface area contributed by atoms with Gasteiger partial charge in [-0.2, -0.15) is 0 Å². The normalized spacial score (nSPS) is 36.3. The number of esters is 2. The van der Waals surface area contributed by atoms with E-state index in [1.165, 1.54) is 21.1 Å². The van der Waals surface area contributed by atoms with Gasteiger partial charge in [-0.05, 0) is 114 Å². The van der Waals surface area contributed by atoms with Crippen molar-refractivity contribution in [1.29, 1.82) is 0 Å². The van der Waals surface area contributed by atoms with Crippen molar-refractivity contribution in [1.82, 2.24) is 4.90 Å². The molecule has 0 aromatic rings. The highest BCUT2D eigenvalue weighted by atomic mass is 16.6. The molecule has 73 heavy (non-hydrogen) atoms. The lowest BCUT2D eigenvalue weighted by atomic mass is 9.78. The molecule has 0 aromatic heterocycles. The summed E-state index contributed by atoms with van der Waals surface area (Å²) in [4.78, 5) is 85.4. The molecule has 15 atom stereocenters. The molecule has 3 aliphatic heterocycles. The van der Waals surface area contributed by atoms with Gasteiger partial charge in [-0.15, -0.1) is 0 Å². The molecule has 3 fully saturated rings. The van der Waals surface area contributed by atoms with Gasteiger partial charge in [0.1, 0.15) is 41.7 Å². The van der Waals surface area contributed by atoms with Crippen molar-refractivity contribution in [3.05, 3.63) is 47.6 Å². The number of cyclic esters (lactones) is 1. The molecule has 0 spiro atoms. The number of carbonyl (C=O) groups is 6. The molecule has 1 amide bonds. The number of aliphatic hydroxyl groups excluding tert-OH is 3. The van der Waals surface area contributed by atoms with E-state index in [0.717, 1.165) is 10.5 Å². The second kappa shape index (κ2) is 28.3. The number of hydrogen-bond donors (Lipinski definition) is 4. The van der Waals surface area contributed by atoms with Gasteiger partial charge in [0.05, 0.1) is 31.5 Å². The van der Waals surface area contributed by atoms with E-state index in [1.807, 2.05) is 51.2 Å². The second-order valence-corrected chi connectivity index (χ2v) is 21.8. The van der Waals surface area contributed by atoms with Crippen LogP contribution in [0.3, 0.4) is 0 Å². The fourth-order valence-corrected chi connectivity index (χ4v) is 10.7. The predicted molar refractivity (Wildman–Crippen MR) is 271 cm³/mol. The molecule has 4 N–H and O–H groups in total. The van der Waals surface area contributed by atoms with Crippen LogP contribution in [0.1, 0.15) is 132 Å². The average molecular weight is 1030 g/mol. The van der Waals surface area contributed by atoms with Crippen molar-refractivity contribution in [2.75, 3.05) is 41.1 Å². The van der Waals surface area contributed by atoms with Gasteiger partial charge in [-0.1, -0.05) is 71.1 Å². The van der Waals surface area contributed by atoms with Crippen LogP contribution in [-0.2, 0) is 57.2 Å². The summed E-state index contributed by atoms with van der Waals surface area (Å²) in [6, 6.07) is -1.20. The summed E-state index contributed by atoms with van der Waals surface area (Å²) in [5.74, 6) is -9.36. The molecule has 17 heteroatoms. The third-order valence-corrected chi connectivity index (χ3v) is 15.9. The number of amides is 1. The lowest BCUT2D eigenvalue weighted by Gasteiger charge is -2.42. The molecule has 1 aliphatic carbocycles. The first kappa shape index (κ1) is 61.6. The molecule has 2 bridgehead atoms. The highest BCUT2D eigenvalue weighted by molar-refractivity contribution is 6.39. The van der Waals surface area contributed by atoms with Crippen molar-refractivity contribution >= 4 is 35.2 Å². The Balaban J connectivity index is 1.69. The van der Waals surface area contributed by atoms with Crippen molar-refractivity contribution < 1.29 is 77.6 Å². The van der Waals surface area contributed by atoms with Crippen LogP contribution < -0.4 is 0 Å². The van der Waals surface area contributed by atoms with E-state index in [1.54, 1.807) is 40.9 Å². The Bertz CT molecular complexity index is 2010. The van der Waals surface area contributed by atoms with Gasteiger partial charge in [-0.25, -0.2) is 4.79 Å². The maximum Gasteiger partial charge on any atom is 0.329 e. The number of nitrogens with zero attached hydrogens (tertiary/aromatic N) is 1. The molecule has 2 saturated heterocycles. The van der Waals surface area contributed by atoms with Crippen LogP contribution in [-0.4, -0.2) is 156 Å². The molecule has 1 saturated carbocycles. The fourth-order valence-electron chi connectivity index (χ4n) is 10.7. The van der Waals surface area contributed by atoms with E-state index in [4.69, 9.17) is 28.4 Å². The van der Waals surface area contributed by atoms with E-state index in [-0.39, 0.29) is 42.8 Å². The Kier molecular flexibility index (Phi) is 23.9. The van der Waals surface area contributed by atoms with Crippen LogP contribution in [0.2, 0.25) is 0 Å². The zero-order valence-electron chi connectivity index (χ0n) is 45.3. The monoisotopic (exact) mass is 1030 g/mol. The van der Waals surface area contributed by atoms with Crippen LogP contribution >= 0.6 is 0 Å². The highest BCUT2D eigenvalue weighted by Gasteiger charge is 2.53. The number of hydrogen-bond acceptors (Lipinski definition) is 16. The van der Waals surface area contributed by atoms with Gasteiger partial charge in [0, 0.05) is 58.5 Å². The van der Waals surface area contributed by atoms with Crippen molar-refractivity contribution in [3.8, 4) is 0 Å². The molecule has 3 heterocycles. The van der Waals surface area contributed by atoms with E-state index in [9.17, 15) is 49.2 Å². The molecule has 0 aromatic carbocycles. The van der Waals surface area contributed by atoms with Crippen molar-refractivity contribution in [2.24, 2.45) is 40.9 Å². The molecule has 17 nitrogen and oxygen atoms in total. The fraction of sp³-hybridized carbons (Fsp3) is 0.750. The van der Waals surface area contributed by atoms with E-state index in [2.05, 4.69) is 0 Å². The first-order valence-corrected chi connectivity index (χ1v) is 26.4. The minimum atomic E-state index is -2.47. The van der Waals surface area contributed by atoms with Crippen LogP contribution in [0.25, 0.3) is 0 Å². The lowest BCUT2D eigenvalue weighted by molar-refractivity contribution is -0.265. The largest absolute Gasteiger partial charge is 0.460 e. The summed E-state index contributed by atoms with van der Waals surface area (Å²) in [7, 11) is 4.43. The summed E-state index contributed by atoms with van der Waals surface area (Å²) in [6.07, 6.45) is 9.76. The van der Waals surface area contributed by atoms with Crippen molar-refractivity contribution in [2.45, 2.75) is 187 Å². The summed E-state index contributed by atoms with van der Waals surface area (Å²) in [6.45, 7) is 12.7. The zero-order valence-corrected chi connectivity index (χ0v) is 45.3. The third-order valence-electron chi connectivity index (χ3n) is 15.9. The van der Waals surface area contributed by atoms with Gasteiger partial charge < -0.3 is 53.7 Å². The second-order valence-electron chi connectivity index (χ2n) is 21.8. The number of ether oxygens (including phenoxy) is 6. The Labute approximate surface area is 433 Å². The van der Waals surface area contributed by atoms with E-state index >= 15 is 0 Å². The Morgan fingerprint density at radius 3 is 2.21 bits per heavy atom. The number of Topliss-reactive ketones (excluding diaryl/α,β-unsaturated/α-hetero) is 3. The summed E-state index contributed by atoms with van der Waals surface area (Å²) in [5, 5.41) is 43.1. The predicted octanol–water partition coefficient (Wildman–Crippen LogP) is 5.72. The first-order valence-electron chi connectivity index (χ1n) is 26.4. The first-order chi connectivity index (χ1) is 34.5. The lowest BCUT2D eigenvalue weighted by Crippen LogP contribution is -2.61. The third kappa shape index (κ3) is 16.0. The molecular weight excluding hydrogens is 943 g/mol. The zero-order chi connectivity index (χ0) is 54.4. The topological polar surface area (TPSA) is 242 Å². The number of piperidine rings is 1. The number of allylic oxidation sites excluding steroid dienone is 6. The van der Waals surface area contributed by atoms with Crippen LogP contribution in [0.15, 0.2) is 47.6 Å². The molecule has 0 unspecified atom stereocenters. The Morgan fingerprint density at radius 2 is 1.56 bits per heavy atom. The summed E-state index contributed by atoms with van der Waals surface area (Å²) < 4.78 is 35.4. The van der Waals surface area contributed by atoms with Crippen LogP contribution in [0.5, 0.6) is 0 Å². The quantitative estimate of drug-likeness (QED) is 0.116. The van der Waals surface area contributed by atoms with Gasteiger partial charge in [0.15, 0.2) is 5.78 Å². The number of ketones is 3. The smallest absolute Gasteiger partial charge is 0.329 e. The molecule has 4 aliphatic rings. The number of fused-ring (bicyclic) bond motifs is 3. The molecule has 0 radical (unpaired) electrons. The van der Waals surface area contributed by atoms with E-state index < -0.39 is 120 Å². The Morgan fingerprint density at radius 1 is 0.863 bits per heavy atom. The van der Waals surface area contributed by atoms with Crippen LogP contribution in [0, 0.1) is 40.9 Å². The molecular formula is C56H87NO16. The average Bonchev–Trinajstić information content (AvgIpc) is 3.37. The SMILES string of the molecule is CO[C@@H]1C[C@@H]2CC[C@@H](C)[C@@](O)(O2)C(=O)C(=O)N2CCCC[C@H]2C(=O)O[C@H]([C@H](C)C[C@@H]2CC[C@@H](OC(=O)C(C)(CO)CO)[C@H](OC)C2)CC(=O)[C@H](C)/C=C(\C)[C@@H](O)[C@@H](OC)C(=O)[C@H](C)C[C@H](C)/C=C/C=CC=C1C. The number of aliphatic hydroxyl groups is 4. The summed E-state index contributed by atoms with van der Waals surface area (Å²) >= 11 is 0. The van der Waals surface area contributed by atoms with Crippen molar-refractivity contribution in [3.63, 3.8) is 0 Å². The van der Waals surface area contributed by atoms with Gasteiger partial charge in [0.2, 0.25) is 5.79 Å². The molecule has 412 valence electrons. The minimum absolute atomic E-state index is 0.00697. The van der Waals surface area contributed by atoms with Gasteiger partial charge in [-0.3, -0.25) is 24.0 Å². The van der Waals surface area contributed by atoms with Crippen LogP contribution in [0.4, 0.5) is 0 Å².